The summed E-state index contributed by atoms with van der Waals surface area (Å²) in [7, 11) is 1.63. The average Bonchev–Trinajstić information content (AvgIpc) is 2.40. The number of phenols is 1. The van der Waals surface area contributed by atoms with Crippen LogP contribution in [-0.4, -0.2) is 18.1 Å². The number of aromatic hydroxyl groups is 1. The number of rotatable bonds is 2. The molecular formula is C14H13ClN2O2. The lowest BCUT2D eigenvalue weighted by molar-refractivity contribution is 0.0993. The van der Waals surface area contributed by atoms with Gasteiger partial charge in [0.1, 0.15) is 5.75 Å². The molecule has 0 aromatic heterocycles. The monoisotopic (exact) mass is 276 g/mol. The number of benzene rings is 2. The van der Waals surface area contributed by atoms with Crippen molar-refractivity contribution in [1.82, 2.24) is 0 Å². The summed E-state index contributed by atoms with van der Waals surface area (Å²) < 4.78 is 0. The van der Waals surface area contributed by atoms with E-state index in [1.165, 1.54) is 17.0 Å². The summed E-state index contributed by atoms with van der Waals surface area (Å²) in [6, 6.07) is 11.2. The number of carbonyl (C=O) groups excluding carboxylic acids is 1. The number of carbonyl (C=O) groups is 1. The first-order valence-corrected chi connectivity index (χ1v) is 5.99. The molecule has 5 heteroatoms. The molecule has 2 rings (SSSR count). The van der Waals surface area contributed by atoms with Crippen molar-refractivity contribution in [3.63, 3.8) is 0 Å². The van der Waals surface area contributed by atoms with Crippen molar-refractivity contribution in [2.45, 2.75) is 0 Å². The number of nitrogen functional groups attached to an aromatic ring is 1. The van der Waals surface area contributed by atoms with Gasteiger partial charge in [-0.15, -0.1) is 0 Å². The van der Waals surface area contributed by atoms with Crippen molar-refractivity contribution >= 4 is 28.9 Å². The van der Waals surface area contributed by atoms with Gasteiger partial charge in [0.2, 0.25) is 0 Å². The van der Waals surface area contributed by atoms with Crippen LogP contribution >= 0.6 is 11.6 Å². The number of hydrogen-bond donors (Lipinski definition) is 2. The van der Waals surface area contributed by atoms with Crippen molar-refractivity contribution in [1.29, 1.82) is 0 Å². The predicted molar refractivity (Wildman–Crippen MR) is 76.7 cm³/mol. The Morgan fingerprint density at radius 3 is 2.63 bits per heavy atom. The molecule has 0 spiro atoms. The van der Waals surface area contributed by atoms with Gasteiger partial charge in [0.05, 0.1) is 10.7 Å². The minimum absolute atomic E-state index is 0.104. The molecule has 19 heavy (non-hydrogen) atoms. The van der Waals surface area contributed by atoms with E-state index in [2.05, 4.69) is 0 Å². The van der Waals surface area contributed by atoms with Gasteiger partial charge in [-0.2, -0.15) is 0 Å². The number of nitrogens with zero attached hydrogens (tertiary/aromatic N) is 1. The average molecular weight is 277 g/mol. The van der Waals surface area contributed by atoms with E-state index < -0.39 is 0 Å². The first-order valence-electron chi connectivity index (χ1n) is 5.61. The Labute approximate surface area is 116 Å². The van der Waals surface area contributed by atoms with Crippen LogP contribution in [0.3, 0.4) is 0 Å². The van der Waals surface area contributed by atoms with Crippen LogP contribution in [0.5, 0.6) is 5.75 Å². The largest absolute Gasteiger partial charge is 0.508 e. The normalized spacial score (nSPS) is 10.2. The van der Waals surface area contributed by atoms with Gasteiger partial charge in [-0.25, -0.2) is 0 Å². The predicted octanol–water partition coefficient (Wildman–Crippen LogP) is 2.90. The van der Waals surface area contributed by atoms with Gasteiger partial charge < -0.3 is 15.7 Å². The van der Waals surface area contributed by atoms with Crippen LogP contribution in [0.2, 0.25) is 5.02 Å². The lowest BCUT2D eigenvalue weighted by atomic mass is 10.1. The van der Waals surface area contributed by atoms with Crippen molar-refractivity contribution in [3.05, 3.63) is 53.1 Å². The highest BCUT2D eigenvalue weighted by Gasteiger charge is 2.14. The zero-order valence-corrected chi connectivity index (χ0v) is 11.1. The third kappa shape index (κ3) is 2.80. The Bertz CT molecular complexity index is 629. The molecule has 0 aliphatic rings. The molecular weight excluding hydrogens is 264 g/mol. The van der Waals surface area contributed by atoms with E-state index in [0.29, 0.717) is 22.0 Å². The Kier molecular flexibility index (Phi) is 3.62. The molecule has 0 atom stereocenters. The quantitative estimate of drug-likeness (QED) is 0.829. The molecule has 3 N–H and O–H groups in total. The van der Waals surface area contributed by atoms with E-state index in [0.717, 1.165) is 0 Å². The molecule has 0 unspecified atom stereocenters. The van der Waals surface area contributed by atoms with Crippen molar-refractivity contribution in [2.75, 3.05) is 17.7 Å². The van der Waals surface area contributed by atoms with Crippen molar-refractivity contribution in [3.8, 4) is 5.75 Å². The molecule has 2 aromatic carbocycles. The summed E-state index contributed by atoms with van der Waals surface area (Å²) in [6.45, 7) is 0. The van der Waals surface area contributed by atoms with E-state index in [1.54, 1.807) is 37.4 Å². The Morgan fingerprint density at radius 1 is 1.26 bits per heavy atom. The van der Waals surface area contributed by atoms with Crippen LogP contribution < -0.4 is 10.6 Å². The summed E-state index contributed by atoms with van der Waals surface area (Å²) >= 11 is 5.90. The lowest BCUT2D eigenvalue weighted by Crippen LogP contribution is -2.26. The standard InChI is InChI=1S/C14H13ClN2O2/c1-17(10-3-2-4-11(18)8-10)14(19)9-5-6-13(16)12(15)7-9/h2-8,18H,16H2,1H3. The number of amides is 1. The smallest absolute Gasteiger partial charge is 0.258 e. The topological polar surface area (TPSA) is 66.6 Å². The summed E-state index contributed by atoms with van der Waals surface area (Å²) in [4.78, 5) is 13.7. The fourth-order valence-corrected chi connectivity index (χ4v) is 1.85. The maximum Gasteiger partial charge on any atom is 0.258 e. The van der Waals surface area contributed by atoms with E-state index in [9.17, 15) is 9.90 Å². The van der Waals surface area contributed by atoms with Gasteiger partial charge in [0, 0.05) is 24.4 Å². The molecule has 0 radical (unpaired) electrons. The molecule has 0 fully saturated rings. The fourth-order valence-electron chi connectivity index (χ4n) is 1.67. The number of anilines is 2. The highest BCUT2D eigenvalue weighted by atomic mass is 35.5. The summed E-state index contributed by atoms with van der Waals surface area (Å²) in [5.41, 5.74) is 7.07. The van der Waals surface area contributed by atoms with Crippen LogP contribution in [0.15, 0.2) is 42.5 Å². The second-order valence-corrected chi connectivity index (χ2v) is 4.53. The minimum Gasteiger partial charge on any atom is -0.508 e. The molecule has 4 nitrogen and oxygen atoms in total. The van der Waals surface area contributed by atoms with Crippen LogP contribution in [0.4, 0.5) is 11.4 Å². The van der Waals surface area contributed by atoms with Gasteiger partial charge in [0.25, 0.3) is 5.91 Å². The van der Waals surface area contributed by atoms with Crippen molar-refractivity contribution in [2.24, 2.45) is 0 Å². The van der Waals surface area contributed by atoms with Crippen molar-refractivity contribution < 1.29 is 9.90 Å². The van der Waals surface area contributed by atoms with Crippen LogP contribution in [0, 0.1) is 0 Å². The van der Waals surface area contributed by atoms with Gasteiger partial charge in [-0.1, -0.05) is 17.7 Å². The van der Waals surface area contributed by atoms with Gasteiger partial charge >= 0.3 is 0 Å². The maximum atomic E-state index is 12.3. The van der Waals surface area contributed by atoms with E-state index in [-0.39, 0.29) is 11.7 Å². The van der Waals surface area contributed by atoms with Crippen LogP contribution in [-0.2, 0) is 0 Å². The molecule has 0 aliphatic heterocycles. The summed E-state index contributed by atoms with van der Waals surface area (Å²) in [5.74, 6) is -0.125. The third-order valence-electron chi connectivity index (χ3n) is 2.77. The first-order chi connectivity index (χ1) is 8.99. The first kappa shape index (κ1) is 13.2. The highest BCUT2D eigenvalue weighted by molar-refractivity contribution is 6.33. The Hall–Kier alpha value is -2.20. The number of halogens is 1. The van der Waals surface area contributed by atoms with Crippen LogP contribution in [0.25, 0.3) is 0 Å². The maximum absolute atomic E-state index is 12.3. The molecule has 98 valence electrons. The van der Waals surface area contributed by atoms with E-state index in [1.807, 2.05) is 0 Å². The Morgan fingerprint density at radius 2 is 2.00 bits per heavy atom. The molecule has 0 saturated heterocycles. The number of nitrogens with two attached hydrogens (primary N) is 1. The summed E-state index contributed by atoms with van der Waals surface area (Å²) in [6.07, 6.45) is 0. The minimum atomic E-state index is -0.229. The molecule has 0 aliphatic carbocycles. The summed E-state index contributed by atoms with van der Waals surface area (Å²) in [5, 5.41) is 9.76. The SMILES string of the molecule is CN(C(=O)c1ccc(N)c(Cl)c1)c1cccc(O)c1. The highest BCUT2D eigenvalue weighted by Crippen LogP contribution is 2.23. The second-order valence-electron chi connectivity index (χ2n) is 4.12. The second kappa shape index (κ2) is 5.20. The number of hydrogen-bond acceptors (Lipinski definition) is 3. The molecule has 2 aromatic rings. The zero-order valence-electron chi connectivity index (χ0n) is 10.3. The van der Waals surface area contributed by atoms with E-state index in [4.69, 9.17) is 17.3 Å². The van der Waals surface area contributed by atoms with Gasteiger partial charge in [-0.05, 0) is 30.3 Å². The zero-order chi connectivity index (χ0) is 14.0. The molecule has 0 heterocycles. The van der Waals surface area contributed by atoms with Crippen LogP contribution in [0.1, 0.15) is 10.4 Å². The van der Waals surface area contributed by atoms with E-state index >= 15 is 0 Å². The molecule has 1 amide bonds. The molecule has 0 saturated carbocycles. The fraction of sp³-hybridized carbons (Fsp3) is 0.0714. The number of phenolic OH excluding ortho intramolecular Hbond substituents is 1. The van der Waals surface area contributed by atoms with Gasteiger partial charge in [0.15, 0.2) is 0 Å². The third-order valence-corrected chi connectivity index (χ3v) is 3.10. The Balaban J connectivity index is 2.30. The molecule has 0 bridgehead atoms. The van der Waals surface area contributed by atoms with Gasteiger partial charge in [-0.3, -0.25) is 4.79 Å². The lowest BCUT2D eigenvalue weighted by Gasteiger charge is -2.17.